The van der Waals surface area contributed by atoms with Crippen LogP contribution in [0.1, 0.15) is 11.1 Å². The molecule has 0 bridgehead atoms. The molecule has 1 atom stereocenters. The van der Waals surface area contributed by atoms with E-state index in [1.54, 1.807) is 12.1 Å². The van der Waals surface area contributed by atoms with Gasteiger partial charge in [-0.1, -0.05) is 15.9 Å². The minimum Gasteiger partial charge on any atom is -0.302 e. The van der Waals surface area contributed by atoms with Crippen molar-refractivity contribution in [1.82, 2.24) is 0 Å². The van der Waals surface area contributed by atoms with Crippen LogP contribution in [-0.2, 0) is 11.1 Å². The predicted octanol–water partition coefficient (Wildman–Crippen LogP) is 2.65. The molecule has 0 saturated heterocycles. The summed E-state index contributed by atoms with van der Waals surface area (Å²) < 4.78 is 20.5. The molecular formula is C8H9BrO2S. The third kappa shape index (κ3) is 1.94. The molecule has 0 amide bonds. The van der Waals surface area contributed by atoms with Crippen molar-refractivity contribution in [1.29, 1.82) is 0 Å². The van der Waals surface area contributed by atoms with Gasteiger partial charge in [-0.05, 0) is 37.1 Å². The molecule has 1 aromatic rings. The second-order valence-electron chi connectivity index (χ2n) is 2.62. The van der Waals surface area contributed by atoms with Crippen LogP contribution in [0.5, 0.6) is 0 Å². The van der Waals surface area contributed by atoms with Crippen molar-refractivity contribution in [2.75, 3.05) is 0 Å². The summed E-state index contributed by atoms with van der Waals surface area (Å²) in [5.41, 5.74) is 1.96. The summed E-state index contributed by atoms with van der Waals surface area (Å²) in [7, 11) is 0. The molecular weight excluding hydrogens is 240 g/mol. The fourth-order valence-corrected chi connectivity index (χ4v) is 1.79. The van der Waals surface area contributed by atoms with E-state index in [1.165, 1.54) is 0 Å². The summed E-state index contributed by atoms with van der Waals surface area (Å²) in [6.07, 6.45) is 0. The van der Waals surface area contributed by atoms with Crippen LogP contribution in [-0.4, -0.2) is 8.76 Å². The van der Waals surface area contributed by atoms with Gasteiger partial charge in [0.1, 0.15) is 0 Å². The first-order valence-corrected chi connectivity index (χ1v) is 5.30. The molecule has 0 radical (unpaired) electrons. The zero-order chi connectivity index (χ0) is 9.30. The lowest BCUT2D eigenvalue weighted by atomic mass is 10.2. The van der Waals surface area contributed by atoms with Crippen LogP contribution < -0.4 is 0 Å². The predicted molar refractivity (Wildman–Crippen MR) is 52.7 cm³/mol. The largest absolute Gasteiger partial charge is 0.302 e. The van der Waals surface area contributed by atoms with E-state index in [9.17, 15) is 4.21 Å². The maximum absolute atomic E-state index is 10.7. The van der Waals surface area contributed by atoms with Gasteiger partial charge in [0.05, 0.1) is 4.90 Å². The summed E-state index contributed by atoms with van der Waals surface area (Å²) in [4.78, 5) is 0.452. The lowest BCUT2D eigenvalue weighted by molar-refractivity contribution is 0.564. The van der Waals surface area contributed by atoms with Crippen molar-refractivity contribution in [3.8, 4) is 0 Å². The van der Waals surface area contributed by atoms with Crippen molar-refractivity contribution in [2.24, 2.45) is 0 Å². The van der Waals surface area contributed by atoms with Crippen LogP contribution in [0, 0.1) is 13.8 Å². The highest BCUT2D eigenvalue weighted by molar-refractivity contribution is 9.10. The van der Waals surface area contributed by atoms with Crippen molar-refractivity contribution < 1.29 is 8.76 Å². The Morgan fingerprint density at radius 2 is 1.75 bits per heavy atom. The van der Waals surface area contributed by atoms with E-state index >= 15 is 0 Å². The Kier molecular flexibility index (Phi) is 3.04. The fraction of sp³-hybridized carbons (Fsp3) is 0.250. The number of halogens is 1. The second kappa shape index (κ2) is 3.68. The lowest BCUT2D eigenvalue weighted by Crippen LogP contribution is -1.91. The highest BCUT2D eigenvalue weighted by atomic mass is 79.9. The van der Waals surface area contributed by atoms with Gasteiger partial charge in [0.15, 0.2) is 11.1 Å². The summed E-state index contributed by atoms with van der Waals surface area (Å²) >= 11 is 1.50. The molecule has 0 saturated carbocycles. The molecule has 1 aromatic carbocycles. The van der Waals surface area contributed by atoms with Gasteiger partial charge < -0.3 is 4.55 Å². The zero-order valence-electron chi connectivity index (χ0n) is 6.80. The van der Waals surface area contributed by atoms with Crippen LogP contribution >= 0.6 is 15.9 Å². The Morgan fingerprint density at radius 3 is 2.08 bits per heavy atom. The summed E-state index contributed by atoms with van der Waals surface area (Å²) in [5.74, 6) is 0. The van der Waals surface area contributed by atoms with Crippen LogP contribution in [0.3, 0.4) is 0 Å². The van der Waals surface area contributed by atoms with E-state index in [4.69, 9.17) is 4.55 Å². The number of benzene rings is 1. The molecule has 66 valence electrons. The summed E-state index contributed by atoms with van der Waals surface area (Å²) in [6, 6.07) is 3.40. The lowest BCUT2D eigenvalue weighted by Gasteiger charge is -2.04. The maximum Gasteiger partial charge on any atom is 0.186 e. The van der Waals surface area contributed by atoms with Crippen LogP contribution in [0.25, 0.3) is 0 Å². The van der Waals surface area contributed by atoms with E-state index in [0.717, 1.165) is 15.6 Å². The van der Waals surface area contributed by atoms with Crippen LogP contribution in [0.2, 0.25) is 0 Å². The number of hydrogen-bond donors (Lipinski definition) is 1. The van der Waals surface area contributed by atoms with Crippen molar-refractivity contribution in [3.63, 3.8) is 0 Å². The van der Waals surface area contributed by atoms with Crippen LogP contribution in [0.4, 0.5) is 0 Å². The van der Waals surface area contributed by atoms with E-state index in [-0.39, 0.29) is 0 Å². The summed E-state index contributed by atoms with van der Waals surface area (Å²) in [6.45, 7) is 3.79. The highest BCUT2D eigenvalue weighted by Gasteiger charge is 2.05. The van der Waals surface area contributed by atoms with Gasteiger partial charge in [-0.15, -0.1) is 0 Å². The smallest absolute Gasteiger partial charge is 0.186 e. The van der Waals surface area contributed by atoms with E-state index < -0.39 is 11.1 Å². The molecule has 0 fully saturated rings. The highest BCUT2D eigenvalue weighted by Crippen LogP contribution is 2.23. The van der Waals surface area contributed by atoms with Crippen molar-refractivity contribution >= 4 is 27.0 Å². The Hall–Kier alpha value is -0.190. The van der Waals surface area contributed by atoms with Gasteiger partial charge in [-0.3, -0.25) is 0 Å². The van der Waals surface area contributed by atoms with E-state index in [0.29, 0.717) is 4.90 Å². The van der Waals surface area contributed by atoms with Gasteiger partial charge in [0.25, 0.3) is 0 Å². The second-order valence-corrected chi connectivity index (χ2v) is 4.38. The van der Waals surface area contributed by atoms with Crippen LogP contribution in [0.15, 0.2) is 21.5 Å². The first-order valence-electron chi connectivity index (χ1n) is 3.40. The molecule has 12 heavy (non-hydrogen) atoms. The van der Waals surface area contributed by atoms with Gasteiger partial charge in [0.2, 0.25) is 0 Å². The number of aryl methyl sites for hydroxylation is 2. The molecule has 1 N–H and O–H groups in total. The van der Waals surface area contributed by atoms with Gasteiger partial charge in [-0.2, -0.15) is 0 Å². The van der Waals surface area contributed by atoms with Crippen molar-refractivity contribution in [3.05, 3.63) is 27.7 Å². The Morgan fingerprint density at radius 1 is 1.33 bits per heavy atom. The third-order valence-electron chi connectivity index (χ3n) is 1.61. The number of hydrogen-bond acceptors (Lipinski definition) is 1. The maximum atomic E-state index is 10.7. The molecule has 1 unspecified atom stereocenters. The quantitative estimate of drug-likeness (QED) is 0.777. The molecule has 0 spiro atoms. The van der Waals surface area contributed by atoms with Gasteiger partial charge in [0, 0.05) is 4.47 Å². The molecule has 0 aromatic heterocycles. The Labute approximate surface area is 82.4 Å². The average molecular weight is 249 g/mol. The van der Waals surface area contributed by atoms with Gasteiger partial charge >= 0.3 is 0 Å². The Balaban J connectivity index is 3.31. The Bertz CT molecular complexity index is 313. The number of rotatable bonds is 1. The third-order valence-corrected chi connectivity index (χ3v) is 3.50. The molecule has 1 rings (SSSR count). The average Bonchev–Trinajstić information content (AvgIpc) is 1.99. The van der Waals surface area contributed by atoms with E-state index in [2.05, 4.69) is 15.9 Å². The van der Waals surface area contributed by atoms with E-state index in [1.807, 2.05) is 13.8 Å². The molecule has 0 heterocycles. The minimum absolute atomic E-state index is 0.452. The molecule has 0 aliphatic rings. The molecule has 0 aliphatic heterocycles. The fourth-order valence-electron chi connectivity index (χ4n) is 1.01. The molecule has 0 aliphatic carbocycles. The standard InChI is InChI=1S/C8H9BrO2S/c1-5-3-7(12(10)11)4-6(2)8(5)9/h3-4H,1-2H3,(H,10,11). The normalized spacial score (nSPS) is 13.0. The first kappa shape index (κ1) is 9.89. The first-order chi connectivity index (χ1) is 5.52. The molecule has 2 nitrogen and oxygen atoms in total. The van der Waals surface area contributed by atoms with Crippen molar-refractivity contribution in [2.45, 2.75) is 18.7 Å². The minimum atomic E-state index is -1.88. The molecule has 4 heteroatoms. The zero-order valence-corrected chi connectivity index (χ0v) is 9.20. The SMILES string of the molecule is Cc1cc(S(=O)O)cc(C)c1Br. The monoisotopic (exact) mass is 248 g/mol. The topological polar surface area (TPSA) is 37.3 Å². The summed E-state index contributed by atoms with van der Waals surface area (Å²) in [5, 5.41) is 0. The van der Waals surface area contributed by atoms with Gasteiger partial charge in [-0.25, -0.2) is 4.21 Å².